The monoisotopic (exact) mass is 421 g/mol. The van der Waals surface area contributed by atoms with E-state index in [2.05, 4.69) is 29.2 Å². The van der Waals surface area contributed by atoms with Crippen LogP contribution in [0.15, 0.2) is 59.0 Å². The van der Waals surface area contributed by atoms with E-state index < -0.39 is 11.8 Å². The fourth-order valence-corrected chi connectivity index (χ4v) is 3.68. The highest BCUT2D eigenvalue weighted by molar-refractivity contribution is 5.77. The van der Waals surface area contributed by atoms with Crippen molar-refractivity contribution in [1.29, 1.82) is 0 Å². The molecule has 1 aliphatic rings. The molecule has 0 atom stereocenters. The number of hydrogen-bond donors (Lipinski definition) is 0. The summed E-state index contributed by atoms with van der Waals surface area (Å²) in [6, 6.07) is 18.4. The van der Waals surface area contributed by atoms with E-state index in [1.165, 1.54) is 18.2 Å². The van der Waals surface area contributed by atoms with Gasteiger partial charge >= 0.3 is 5.97 Å². The van der Waals surface area contributed by atoms with Crippen molar-refractivity contribution in [2.75, 3.05) is 20.3 Å². The predicted octanol–water partition coefficient (Wildman–Crippen LogP) is 4.34. The molecule has 2 heterocycles. The van der Waals surface area contributed by atoms with Gasteiger partial charge in [-0.05, 0) is 36.6 Å². The third-order valence-electron chi connectivity index (χ3n) is 5.58. The Balaban J connectivity index is 1.35. The van der Waals surface area contributed by atoms with Crippen LogP contribution in [0.5, 0.6) is 0 Å². The van der Waals surface area contributed by atoms with Gasteiger partial charge in [-0.1, -0.05) is 42.5 Å². The molecule has 4 rings (SSSR count). The minimum atomic E-state index is -1.30. The standard InChI is InChI=1S/C25H27NO5/c1-17-22(26-23(31-17)21-7-5-4-6-8-21)14-19-11-9-18(10-12-19)13-20-15-29-25(2,30-16-20)24(27)28-3/h4-12,20H,13-16H2,1-3H3. The summed E-state index contributed by atoms with van der Waals surface area (Å²) in [6.45, 7) is 4.45. The Labute approximate surface area is 182 Å². The number of rotatable bonds is 6. The van der Waals surface area contributed by atoms with Gasteiger partial charge in [-0.3, -0.25) is 0 Å². The number of ether oxygens (including phenoxy) is 3. The zero-order valence-corrected chi connectivity index (χ0v) is 18.1. The maximum absolute atomic E-state index is 11.8. The summed E-state index contributed by atoms with van der Waals surface area (Å²) in [7, 11) is 1.33. The first kappa shape index (κ1) is 21.3. The Kier molecular flexibility index (Phi) is 6.20. The number of oxazole rings is 1. The van der Waals surface area contributed by atoms with Crippen LogP contribution in [0.25, 0.3) is 11.5 Å². The summed E-state index contributed by atoms with van der Waals surface area (Å²) >= 11 is 0. The van der Waals surface area contributed by atoms with Crippen molar-refractivity contribution in [2.45, 2.75) is 32.5 Å². The normalized spacial score (nSPS) is 21.1. The van der Waals surface area contributed by atoms with Crippen LogP contribution in [0, 0.1) is 12.8 Å². The second kappa shape index (κ2) is 9.04. The Hall–Kier alpha value is -2.96. The lowest BCUT2D eigenvalue weighted by Gasteiger charge is -2.35. The van der Waals surface area contributed by atoms with E-state index in [0.29, 0.717) is 19.1 Å². The molecule has 2 aromatic carbocycles. The lowest BCUT2D eigenvalue weighted by molar-refractivity contribution is -0.272. The first-order valence-corrected chi connectivity index (χ1v) is 10.4. The van der Waals surface area contributed by atoms with Crippen LogP contribution in [-0.2, 0) is 31.8 Å². The van der Waals surface area contributed by atoms with Crippen LogP contribution in [0.2, 0.25) is 0 Å². The molecule has 1 saturated heterocycles. The number of carbonyl (C=O) groups is 1. The van der Waals surface area contributed by atoms with Crippen LogP contribution in [0.3, 0.4) is 0 Å². The van der Waals surface area contributed by atoms with Crippen molar-refractivity contribution in [3.05, 3.63) is 77.2 Å². The van der Waals surface area contributed by atoms with Gasteiger partial charge in [0.2, 0.25) is 5.89 Å². The summed E-state index contributed by atoms with van der Waals surface area (Å²) in [4.78, 5) is 16.5. The molecule has 0 aliphatic carbocycles. The van der Waals surface area contributed by atoms with Crippen molar-refractivity contribution < 1.29 is 23.4 Å². The van der Waals surface area contributed by atoms with Crippen molar-refractivity contribution >= 4 is 5.97 Å². The SMILES string of the molecule is COC(=O)C1(C)OCC(Cc2ccc(Cc3nc(-c4ccccc4)oc3C)cc2)CO1. The number of nitrogens with zero attached hydrogens (tertiary/aromatic N) is 1. The van der Waals surface area contributed by atoms with Gasteiger partial charge in [0.15, 0.2) is 0 Å². The highest BCUT2D eigenvalue weighted by atomic mass is 16.7. The van der Waals surface area contributed by atoms with E-state index in [4.69, 9.17) is 18.6 Å². The van der Waals surface area contributed by atoms with Crippen molar-refractivity contribution in [2.24, 2.45) is 5.92 Å². The molecule has 6 heteroatoms. The molecular weight excluding hydrogens is 394 g/mol. The van der Waals surface area contributed by atoms with E-state index in [-0.39, 0.29) is 5.92 Å². The number of hydrogen-bond acceptors (Lipinski definition) is 6. The maximum atomic E-state index is 11.8. The molecule has 1 fully saturated rings. The number of benzene rings is 2. The van der Waals surface area contributed by atoms with Crippen molar-refractivity contribution in [3.8, 4) is 11.5 Å². The van der Waals surface area contributed by atoms with Gasteiger partial charge < -0.3 is 18.6 Å². The molecule has 3 aromatic rings. The number of aromatic nitrogens is 1. The topological polar surface area (TPSA) is 70.8 Å². The fourth-order valence-electron chi connectivity index (χ4n) is 3.68. The first-order chi connectivity index (χ1) is 15.0. The fraction of sp³-hybridized carbons (Fsp3) is 0.360. The molecule has 1 aliphatic heterocycles. The van der Waals surface area contributed by atoms with Gasteiger partial charge in [-0.25, -0.2) is 9.78 Å². The predicted molar refractivity (Wildman–Crippen MR) is 115 cm³/mol. The Morgan fingerprint density at radius 2 is 1.71 bits per heavy atom. The van der Waals surface area contributed by atoms with E-state index in [1.54, 1.807) is 6.92 Å². The molecule has 0 saturated carbocycles. The molecule has 31 heavy (non-hydrogen) atoms. The number of esters is 1. The zero-order chi connectivity index (χ0) is 21.8. The van der Waals surface area contributed by atoms with Crippen molar-refractivity contribution in [3.63, 3.8) is 0 Å². The largest absolute Gasteiger partial charge is 0.465 e. The molecule has 0 N–H and O–H groups in total. The van der Waals surface area contributed by atoms with Gasteiger partial charge in [-0.15, -0.1) is 0 Å². The van der Waals surface area contributed by atoms with Gasteiger partial charge in [0.25, 0.3) is 5.79 Å². The summed E-state index contributed by atoms with van der Waals surface area (Å²) in [5.74, 6) is -0.124. The van der Waals surface area contributed by atoms with E-state index in [9.17, 15) is 4.79 Å². The Bertz CT molecular complexity index is 1020. The third kappa shape index (κ3) is 4.86. The van der Waals surface area contributed by atoms with Crippen molar-refractivity contribution in [1.82, 2.24) is 4.98 Å². The summed E-state index contributed by atoms with van der Waals surface area (Å²) in [5, 5.41) is 0. The quantitative estimate of drug-likeness (QED) is 0.552. The molecule has 0 spiro atoms. The minimum Gasteiger partial charge on any atom is -0.465 e. The van der Waals surface area contributed by atoms with Gasteiger partial charge in [0.1, 0.15) is 5.76 Å². The highest BCUT2D eigenvalue weighted by Crippen LogP contribution is 2.26. The molecular formula is C25H27NO5. The van der Waals surface area contributed by atoms with Crippen LogP contribution in [-0.4, -0.2) is 37.1 Å². The molecule has 0 bridgehead atoms. The molecule has 0 amide bonds. The van der Waals surface area contributed by atoms with Gasteiger partial charge in [-0.2, -0.15) is 0 Å². The number of carbonyl (C=O) groups excluding carboxylic acids is 1. The lowest BCUT2D eigenvalue weighted by Crippen LogP contribution is -2.48. The molecule has 0 radical (unpaired) electrons. The average molecular weight is 421 g/mol. The minimum absolute atomic E-state index is 0.190. The second-order valence-electron chi connectivity index (χ2n) is 8.01. The van der Waals surface area contributed by atoms with Gasteiger partial charge in [0, 0.05) is 24.8 Å². The molecule has 6 nitrogen and oxygen atoms in total. The van der Waals surface area contributed by atoms with Gasteiger partial charge in [0.05, 0.1) is 26.0 Å². The molecule has 1 aromatic heterocycles. The average Bonchev–Trinajstić information content (AvgIpc) is 3.17. The lowest BCUT2D eigenvalue weighted by atomic mass is 9.98. The first-order valence-electron chi connectivity index (χ1n) is 10.4. The molecule has 162 valence electrons. The summed E-state index contributed by atoms with van der Waals surface area (Å²) < 4.78 is 21.9. The maximum Gasteiger partial charge on any atom is 0.366 e. The zero-order valence-electron chi connectivity index (χ0n) is 18.1. The Morgan fingerprint density at radius 3 is 2.35 bits per heavy atom. The van der Waals surface area contributed by atoms with E-state index in [0.717, 1.165) is 29.9 Å². The number of aryl methyl sites for hydroxylation is 1. The number of methoxy groups -OCH3 is 1. The van der Waals surface area contributed by atoms with E-state index in [1.807, 2.05) is 37.3 Å². The van der Waals surface area contributed by atoms with Crippen LogP contribution < -0.4 is 0 Å². The highest BCUT2D eigenvalue weighted by Gasteiger charge is 2.41. The summed E-state index contributed by atoms with van der Waals surface area (Å²) in [6.07, 6.45) is 1.54. The third-order valence-corrected chi connectivity index (χ3v) is 5.58. The Morgan fingerprint density at radius 1 is 1.06 bits per heavy atom. The second-order valence-corrected chi connectivity index (χ2v) is 8.01. The van der Waals surface area contributed by atoms with Crippen LogP contribution in [0.4, 0.5) is 0 Å². The van der Waals surface area contributed by atoms with E-state index >= 15 is 0 Å². The molecule has 0 unspecified atom stereocenters. The smallest absolute Gasteiger partial charge is 0.366 e. The van der Waals surface area contributed by atoms with Crippen LogP contribution in [0.1, 0.15) is 29.5 Å². The summed E-state index contributed by atoms with van der Waals surface area (Å²) in [5.41, 5.74) is 4.30. The van der Waals surface area contributed by atoms with Crippen LogP contribution >= 0.6 is 0 Å².